The zero-order chi connectivity index (χ0) is 7.44. The van der Waals surface area contributed by atoms with Crippen LogP contribution in [0.15, 0.2) is 11.6 Å². The van der Waals surface area contributed by atoms with Gasteiger partial charge in [-0.05, 0) is 26.3 Å². The highest BCUT2D eigenvalue weighted by molar-refractivity contribution is 5.04. The van der Waals surface area contributed by atoms with Crippen LogP contribution in [0.2, 0.25) is 0 Å². The molecule has 0 saturated carbocycles. The lowest BCUT2D eigenvalue weighted by atomic mass is 10.1. The van der Waals surface area contributed by atoms with E-state index in [0.717, 1.165) is 5.57 Å². The van der Waals surface area contributed by atoms with Crippen molar-refractivity contribution < 1.29 is 10.2 Å². The highest BCUT2D eigenvalue weighted by atomic mass is 16.3. The second-order valence-corrected chi connectivity index (χ2v) is 2.33. The molecule has 0 aliphatic rings. The summed E-state index contributed by atoms with van der Waals surface area (Å²) in [7, 11) is 0. The van der Waals surface area contributed by atoms with E-state index in [-0.39, 0.29) is 0 Å². The summed E-state index contributed by atoms with van der Waals surface area (Å²) in [4.78, 5) is 0. The lowest BCUT2D eigenvalue weighted by Crippen LogP contribution is -2.04. The molecule has 0 saturated heterocycles. The van der Waals surface area contributed by atoms with Gasteiger partial charge in [0.15, 0.2) is 0 Å². The summed E-state index contributed by atoms with van der Waals surface area (Å²) in [6.07, 6.45) is 0.726. The maximum atomic E-state index is 8.89. The summed E-state index contributed by atoms with van der Waals surface area (Å²) >= 11 is 0. The van der Waals surface area contributed by atoms with Gasteiger partial charge in [-0.2, -0.15) is 0 Å². The molecule has 54 valence electrons. The minimum Gasteiger partial charge on any atom is -0.389 e. The van der Waals surface area contributed by atoms with E-state index in [9.17, 15) is 0 Å². The normalized spacial score (nSPS) is 19.4. The first-order valence-corrected chi connectivity index (χ1v) is 3.08. The quantitative estimate of drug-likeness (QED) is 0.540. The highest BCUT2D eigenvalue weighted by Crippen LogP contribution is 2.00. The van der Waals surface area contributed by atoms with Gasteiger partial charge in [0.2, 0.25) is 0 Å². The molecule has 0 heterocycles. The molecule has 0 aliphatic carbocycles. The maximum Gasteiger partial charge on any atom is 0.0720 e. The van der Waals surface area contributed by atoms with E-state index in [1.54, 1.807) is 26.8 Å². The molecular weight excluding hydrogens is 116 g/mol. The molecular formula is C7H14O2. The lowest BCUT2D eigenvalue weighted by Gasteiger charge is -2.04. The van der Waals surface area contributed by atoms with Gasteiger partial charge in [0.05, 0.1) is 12.2 Å². The van der Waals surface area contributed by atoms with Crippen molar-refractivity contribution in [1.82, 2.24) is 0 Å². The smallest absolute Gasteiger partial charge is 0.0720 e. The molecule has 0 aromatic rings. The van der Waals surface area contributed by atoms with Gasteiger partial charge in [-0.15, -0.1) is 0 Å². The molecule has 2 nitrogen and oxygen atoms in total. The minimum absolute atomic E-state index is 0.445. The molecule has 2 N–H and O–H groups in total. The Morgan fingerprint density at radius 1 is 1.33 bits per heavy atom. The number of aliphatic hydroxyl groups excluding tert-OH is 2. The van der Waals surface area contributed by atoms with Crippen molar-refractivity contribution >= 4 is 0 Å². The summed E-state index contributed by atoms with van der Waals surface area (Å²) in [5.74, 6) is 0. The minimum atomic E-state index is -0.459. The zero-order valence-electron chi connectivity index (χ0n) is 6.13. The van der Waals surface area contributed by atoms with Crippen molar-refractivity contribution in [1.29, 1.82) is 0 Å². The summed E-state index contributed by atoms with van der Waals surface area (Å²) < 4.78 is 0. The zero-order valence-corrected chi connectivity index (χ0v) is 6.13. The SMILES string of the molecule is C/C(=C\[C@H](C)O)[C@@H](C)O. The van der Waals surface area contributed by atoms with E-state index in [0.29, 0.717) is 0 Å². The number of hydrogen-bond acceptors (Lipinski definition) is 2. The van der Waals surface area contributed by atoms with E-state index in [2.05, 4.69) is 0 Å². The van der Waals surface area contributed by atoms with Crippen molar-refractivity contribution in [2.24, 2.45) is 0 Å². The molecule has 0 fully saturated rings. The fourth-order valence-corrected chi connectivity index (χ4v) is 0.520. The van der Waals surface area contributed by atoms with Gasteiger partial charge in [0, 0.05) is 0 Å². The first kappa shape index (κ1) is 8.66. The lowest BCUT2D eigenvalue weighted by molar-refractivity contribution is 0.217. The number of hydrogen-bond donors (Lipinski definition) is 2. The standard InChI is InChI=1S/C7H14O2/c1-5(7(3)9)4-6(2)8/h4,6-9H,1-3H3/b5-4+/t6-,7+/m0/s1. The van der Waals surface area contributed by atoms with Crippen LogP contribution >= 0.6 is 0 Å². The average molecular weight is 130 g/mol. The molecule has 2 heteroatoms. The van der Waals surface area contributed by atoms with Crippen LogP contribution in [0.1, 0.15) is 20.8 Å². The van der Waals surface area contributed by atoms with Gasteiger partial charge >= 0.3 is 0 Å². The predicted molar refractivity (Wildman–Crippen MR) is 37.1 cm³/mol. The van der Waals surface area contributed by atoms with Gasteiger partial charge in [-0.1, -0.05) is 6.08 Å². The summed E-state index contributed by atoms with van der Waals surface area (Å²) in [5.41, 5.74) is 0.810. The number of rotatable bonds is 2. The van der Waals surface area contributed by atoms with Crippen LogP contribution < -0.4 is 0 Å². The van der Waals surface area contributed by atoms with Crippen LogP contribution in [-0.4, -0.2) is 22.4 Å². The molecule has 0 radical (unpaired) electrons. The van der Waals surface area contributed by atoms with Crippen molar-refractivity contribution in [3.05, 3.63) is 11.6 Å². The molecule has 0 aromatic heterocycles. The molecule has 0 aromatic carbocycles. The molecule has 0 aliphatic heterocycles. The molecule has 0 spiro atoms. The Labute approximate surface area is 55.8 Å². The predicted octanol–water partition coefficient (Wildman–Crippen LogP) is 0.694. The Balaban J connectivity index is 3.84. The molecule has 2 atom stereocenters. The Bertz CT molecular complexity index is 103. The molecule has 0 bridgehead atoms. The summed E-state index contributed by atoms with van der Waals surface area (Å²) in [6.45, 7) is 5.12. The van der Waals surface area contributed by atoms with Gasteiger partial charge in [0.25, 0.3) is 0 Å². The van der Waals surface area contributed by atoms with Crippen molar-refractivity contribution in [2.45, 2.75) is 33.0 Å². The van der Waals surface area contributed by atoms with Gasteiger partial charge < -0.3 is 10.2 Å². The maximum absolute atomic E-state index is 8.89. The largest absolute Gasteiger partial charge is 0.389 e. The van der Waals surface area contributed by atoms with Gasteiger partial charge in [-0.25, -0.2) is 0 Å². The summed E-state index contributed by atoms with van der Waals surface area (Å²) in [6, 6.07) is 0. The molecule has 9 heavy (non-hydrogen) atoms. The average Bonchev–Trinajstić information content (AvgIpc) is 1.63. The Morgan fingerprint density at radius 2 is 1.78 bits per heavy atom. The van der Waals surface area contributed by atoms with Crippen LogP contribution in [0.5, 0.6) is 0 Å². The van der Waals surface area contributed by atoms with Gasteiger partial charge in [-0.3, -0.25) is 0 Å². The second kappa shape index (κ2) is 3.64. The van der Waals surface area contributed by atoms with Crippen LogP contribution in [-0.2, 0) is 0 Å². The molecule has 0 rings (SSSR count). The van der Waals surface area contributed by atoms with E-state index >= 15 is 0 Å². The van der Waals surface area contributed by atoms with Crippen molar-refractivity contribution in [3.8, 4) is 0 Å². The first-order valence-electron chi connectivity index (χ1n) is 3.08. The third kappa shape index (κ3) is 4.18. The van der Waals surface area contributed by atoms with E-state index < -0.39 is 12.2 Å². The Kier molecular flexibility index (Phi) is 3.50. The van der Waals surface area contributed by atoms with E-state index in [1.165, 1.54) is 0 Å². The van der Waals surface area contributed by atoms with Crippen LogP contribution in [0, 0.1) is 0 Å². The van der Waals surface area contributed by atoms with Crippen LogP contribution in [0.4, 0.5) is 0 Å². The molecule has 0 amide bonds. The molecule has 0 unspecified atom stereocenters. The Morgan fingerprint density at radius 3 is 1.89 bits per heavy atom. The van der Waals surface area contributed by atoms with Crippen molar-refractivity contribution in [2.75, 3.05) is 0 Å². The van der Waals surface area contributed by atoms with Crippen LogP contribution in [0.3, 0.4) is 0 Å². The fraction of sp³-hybridized carbons (Fsp3) is 0.714. The highest BCUT2D eigenvalue weighted by Gasteiger charge is 1.98. The van der Waals surface area contributed by atoms with E-state index in [4.69, 9.17) is 10.2 Å². The van der Waals surface area contributed by atoms with Crippen LogP contribution in [0.25, 0.3) is 0 Å². The first-order chi connectivity index (χ1) is 4.04. The third-order valence-corrected chi connectivity index (χ3v) is 1.16. The third-order valence-electron chi connectivity index (χ3n) is 1.16. The fourth-order valence-electron chi connectivity index (χ4n) is 0.520. The van der Waals surface area contributed by atoms with Crippen molar-refractivity contribution in [3.63, 3.8) is 0 Å². The number of aliphatic hydroxyl groups is 2. The van der Waals surface area contributed by atoms with E-state index in [1.807, 2.05) is 0 Å². The second-order valence-electron chi connectivity index (χ2n) is 2.33. The summed E-state index contributed by atoms with van der Waals surface area (Å²) in [5, 5.41) is 17.7. The Hall–Kier alpha value is -0.340. The monoisotopic (exact) mass is 130 g/mol. The topological polar surface area (TPSA) is 40.5 Å². The van der Waals surface area contributed by atoms with Gasteiger partial charge in [0.1, 0.15) is 0 Å².